The van der Waals surface area contributed by atoms with Crippen LogP contribution in [-0.2, 0) is 9.53 Å². The molecule has 0 aliphatic heterocycles. The Balaban J connectivity index is 2.78. The predicted octanol–water partition coefficient (Wildman–Crippen LogP) is 1.57. The van der Waals surface area contributed by atoms with Crippen LogP contribution in [0.5, 0.6) is 0 Å². The Bertz CT molecular complexity index is 367. The van der Waals surface area contributed by atoms with Gasteiger partial charge in [-0.25, -0.2) is 0 Å². The van der Waals surface area contributed by atoms with Gasteiger partial charge in [0.15, 0.2) is 0 Å². The molecule has 100 valence electrons. The third-order valence-corrected chi connectivity index (χ3v) is 2.99. The minimum absolute atomic E-state index is 0.0299. The molecule has 0 saturated carbocycles. The monoisotopic (exact) mass is 250 g/mol. The van der Waals surface area contributed by atoms with Crippen LogP contribution in [0.4, 0.5) is 0 Å². The fourth-order valence-electron chi connectivity index (χ4n) is 2.00. The third kappa shape index (κ3) is 3.55. The molecule has 2 atom stereocenters. The lowest BCUT2D eigenvalue weighted by atomic mass is 10.1. The lowest BCUT2D eigenvalue weighted by Gasteiger charge is -2.30. The van der Waals surface area contributed by atoms with Crippen LogP contribution < -0.4 is 5.73 Å². The van der Waals surface area contributed by atoms with Gasteiger partial charge in [-0.2, -0.15) is 0 Å². The highest BCUT2D eigenvalue weighted by Gasteiger charge is 2.24. The van der Waals surface area contributed by atoms with Crippen molar-refractivity contribution in [1.82, 2.24) is 4.90 Å². The van der Waals surface area contributed by atoms with Crippen LogP contribution in [-0.4, -0.2) is 37.1 Å². The van der Waals surface area contributed by atoms with Crippen molar-refractivity contribution in [1.29, 1.82) is 0 Å². The Kier molecular flexibility index (Phi) is 5.82. The zero-order chi connectivity index (χ0) is 13.5. The minimum Gasteiger partial charge on any atom is -0.383 e. The molecule has 2 unspecified atom stereocenters. The summed E-state index contributed by atoms with van der Waals surface area (Å²) in [6.07, 6.45) is 0. The summed E-state index contributed by atoms with van der Waals surface area (Å²) in [6, 6.07) is 8.85. The largest absolute Gasteiger partial charge is 0.383 e. The molecule has 1 aromatic carbocycles. The molecule has 0 saturated heterocycles. The van der Waals surface area contributed by atoms with Gasteiger partial charge in [0.25, 0.3) is 0 Å². The molecular formula is C14H22N2O2. The number of ether oxygens (including phenoxy) is 1. The average Bonchev–Trinajstić information content (AvgIpc) is 2.40. The molecule has 4 heteroatoms. The van der Waals surface area contributed by atoms with Gasteiger partial charge < -0.3 is 15.4 Å². The molecule has 0 bridgehead atoms. The highest BCUT2D eigenvalue weighted by Crippen LogP contribution is 2.14. The van der Waals surface area contributed by atoms with E-state index >= 15 is 0 Å². The number of likely N-dealkylation sites (N-methyl/N-ethyl adjacent to an activating group) is 1. The van der Waals surface area contributed by atoms with Crippen LogP contribution in [0.2, 0.25) is 0 Å². The van der Waals surface area contributed by atoms with E-state index in [2.05, 4.69) is 0 Å². The van der Waals surface area contributed by atoms with Gasteiger partial charge in [0.05, 0.1) is 12.6 Å². The van der Waals surface area contributed by atoms with E-state index in [1.165, 1.54) is 0 Å². The van der Waals surface area contributed by atoms with Crippen molar-refractivity contribution in [3.63, 3.8) is 0 Å². The summed E-state index contributed by atoms with van der Waals surface area (Å²) in [5.41, 5.74) is 6.86. The first-order valence-electron chi connectivity index (χ1n) is 6.21. The third-order valence-electron chi connectivity index (χ3n) is 2.99. The van der Waals surface area contributed by atoms with E-state index in [9.17, 15) is 4.79 Å². The van der Waals surface area contributed by atoms with Gasteiger partial charge in [-0.15, -0.1) is 0 Å². The minimum atomic E-state index is -0.606. The molecule has 0 aliphatic carbocycles. The second-order valence-electron chi connectivity index (χ2n) is 4.32. The van der Waals surface area contributed by atoms with Crippen LogP contribution in [0.1, 0.15) is 25.5 Å². The van der Waals surface area contributed by atoms with E-state index in [0.717, 1.165) is 5.56 Å². The summed E-state index contributed by atoms with van der Waals surface area (Å²) in [4.78, 5) is 14.1. The Morgan fingerprint density at radius 1 is 1.39 bits per heavy atom. The quantitative estimate of drug-likeness (QED) is 0.833. The number of hydrogen-bond acceptors (Lipinski definition) is 3. The Hall–Kier alpha value is -1.39. The zero-order valence-corrected chi connectivity index (χ0v) is 11.3. The highest BCUT2D eigenvalue weighted by atomic mass is 16.5. The molecule has 1 aromatic rings. The van der Waals surface area contributed by atoms with Crippen LogP contribution in [0.25, 0.3) is 0 Å². The van der Waals surface area contributed by atoms with E-state index in [-0.39, 0.29) is 11.9 Å². The van der Waals surface area contributed by atoms with Crippen molar-refractivity contribution in [2.24, 2.45) is 5.73 Å². The number of carbonyl (C=O) groups is 1. The normalized spacial score (nSPS) is 14.0. The lowest BCUT2D eigenvalue weighted by molar-refractivity contribution is -0.135. The summed E-state index contributed by atoms with van der Waals surface area (Å²) in [5.74, 6) is -0.0618. The topological polar surface area (TPSA) is 55.6 Å². The Labute approximate surface area is 109 Å². The van der Waals surface area contributed by atoms with Gasteiger partial charge in [0, 0.05) is 13.7 Å². The van der Waals surface area contributed by atoms with Crippen molar-refractivity contribution in [3.05, 3.63) is 35.9 Å². The second-order valence-corrected chi connectivity index (χ2v) is 4.32. The van der Waals surface area contributed by atoms with Gasteiger partial charge >= 0.3 is 0 Å². The summed E-state index contributed by atoms with van der Waals surface area (Å²) in [5, 5.41) is 0. The maximum Gasteiger partial charge on any atom is 0.244 e. The first kappa shape index (κ1) is 14.7. The fraction of sp³-hybridized carbons (Fsp3) is 0.500. The number of hydrogen-bond donors (Lipinski definition) is 1. The van der Waals surface area contributed by atoms with Crippen molar-refractivity contribution in [2.45, 2.75) is 25.9 Å². The van der Waals surface area contributed by atoms with Gasteiger partial charge in [0.2, 0.25) is 5.91 Å². The molecule has 0 spiro atoms. The standard InChI is InChI=1S/C14H22N2O2/c1-4-16(11(2)10-18-3)14(17)13(15)12-8-6-5-7-9-12/h5-9,11,13H,4,10,15H2,1-3H3. The second kappa shape index (κ2) is 7.13. The molecule has 2 N–H and O–H groups in total. The Morgan fingerprint density at radius 3 is 2.50 bits per heavy atom. The molecule has 0 radical (unpaired) electrons. The highest BCUT2D eigenvalue weighted by molar-refractivity contribution is 5.83. The van der Waals surface area contributed by atoms with Crippen LogP contribution in [0.15, 0.2) is 30.3 Å². The molecule has 1 rings (SSSR count). The molecule has 0 fully saturated rings. The fourth-order valence-corrected chi connectivity index (χ4v) is 2.00. The number of amides is 1. The number of methoxy groups -OCH3 is 1. The molecule has 0 aliphatic rings. The first-order chi connectivity index (χ1) is 8.61. The first-order valence-corrected chi connectivity index (χ1v) is 6.21. The van der Waals surface area contributed by atoms with Gasteiger partial charge in [-0.3, -0.25) is 4.79 Å². The maximum atomic E-state index is 12.3. The summed E-state index contributed by atoms with van der Waals surface area (Å²) < 4.78 is 5.09. The zero-order valence-electron chi connectivity index (χ0n) is 11.3. The summed E-state index contributed by atoms with van der Waals surface area (Å²) in [7, 11) is 1.63. The molecule has 4 nitrogen and oxygen atoms in total. The average molecular weight is 250 g/mol. The molecule has 0 aromatic heterocycles. The van der Waals surface area contributed by atoms with Crippen molar-refractivity contribution in [3.8, 4) is 0 Å². The SMILES string of the molecule is CCN(C(=O)C(N)c1ccccc1)C(C)COC. The van der Waals surface area contributed by atoms with E-state index in [1.807, 2.05) is 44.2 Å². The summed E-state index contributed by atoms with van der Waals surface area (Å²) in [6.45, 7) is 5.05. The van der Waals surface area contributed by atoms with E-state index < -0.39 is 6.04 Å². The lowest BCUT2D eigenvalue weighted by Crippen LogP contribution is -2.45. The number of benzene rings is 1. The van der Waals surface area contributed by atoms with Crippen molar-refractivity contribution < 1.29 is 9.53 Å². The van der Waals surface area contributed by atoms with Crippen LogP contribution >= 0.6 is 0 Å². The van der Waals surface area contributed by atoms with Gasteiger partial charge in [-0.05, 0) is 19.4 Å². The summed E-state index contributed by atoms with van der Waals surface area (Å²) >= 11 is 0. The number of rotatable bonds is 6. The van der Waals surface area contributed by atoms with Gasteiger partial charge in [0.1, 0.15) is 6.04 Å². The van der Waals surface area contributed by atoms with Crippen molar-refractivity contribution >= 4 is 5.91 Å². The molecule has 0 heterocycles. The predicted molar refractivity (Wildman–Crippen MR) is 72.1 cm³/mol. The molecular weight excluding hydrogens is 228 g/mol. The maximum absolute atomic E-state index is 12.3. The van der Waals surface area contributed by atoms with Gasteiger partial charge in [-0.1, -0.05) is 30.3 Å². The number of carbonyl (C=O) groups excluding carboxylic acids is 1. The van der Waals surface area contributed by atoms with Crippen molar-refractivity contribution in [2.75, 3.05) is 20.3 Å². The molecule has 1 amide bonds. The Morgan fingerprint density at radius 2 is 2.00 bits per heavy atom. The van der Waals surface area contributed by atoms with Crippen LogP contribution in [0, 0.1) is 0 Å². The smallest absolute Gasteiger partial charge is 0.244 e. The van der Waals surface area contributed by atoms with Crippen LogP contribution in [0.3, 0.4) is 0 Å². The van der Waals surface area contributed by atoms with E-state index in [4.69, 9.17) is 10.5 Å². The number of nitrogens with two attached hydrogens (primary N) is 1. The van der Waals surface area contributed by atoms with E-state index in [0.29, 0.717) is 13.2 Å². The molecule has 18 heavy (non-hydrogen) atoms. The number of nitrogens with zero attached hydrogens (tertiary/aromatic N) is 1. The van der Waals surface area contributed by atoms with E-state index in [1.54, 1.807) is 12.0 Å².